The summed E-state index contributed by atoms with van der Waals surface area (Å²) in [7, 11) is 1.37. The van der Waals surface area contributed by atoms with Crippen LogP contribution in [0.2, 0.25) is 0 Å². The smallest absolute Gasteiger partial charge is 0.410 e. The van der Waals surface area contributed by atoms with Crippen LogP contribution in [0.25, 0.3) is 0 Å². The van der Waals surface area contributed by atoms with Crippen molar-refractivity contribution in [3.8, 4) is 0 Å². The zero-order valence-corrected chi connectivity index (χ0v) is 16.3. The Balaban J connectivity index is 1.96. The van der Waals surface area contributed by atoms with Gasteiger partial charge in [0.2, 0.25) is 5.91 Å². The van der Waals surface area contributed by atoms with Gasteiger partial charge in [0.05, 0.1) is 31.2 Å². The van der Waals surface area contributed by atoms with Crippen molar-refractivity contribution in [1.29, 1.82) is 0 Å². The Morgan fingerprint density at radius 1 is 1.08 bits per heavy atom. The first-order valence-corrected chi connectivity index (χ1v) is 9.72. The van der Waals surface area contributed by atoms with Gasteiger partial charge in [-0.1, -0.05) is 19.8 Å². The van der Waals surface area contributed by atoms with Gasteiger partial charge in [-0.05, 0) is 39.0 Å². The molecule has 1 spiro atoms. The van der Waals surface area contributed by atoms with Crippen LogP contribution in [0, 0.1) is 0 Å². The molecule has 2 amide bonds. The summed E-state index contributed by atoms with van der Waals surface area (Å²) in [4.78, 5) is 38.0. The number of hydrogen-bond donors (Lipinski definition) is 1. The highest BCUT2D eigenvalue weighted by molar-refractivity contribution is 5.79. The molecular weight excluding hydrogens is 336 g/mol. The molecule has 2 aliphatic rings. The Morgan fingerprint density at radius 2 is 1.77 bits per heavy atom. The van der Waals surface area contributed by atoms with Crippen molar-refractivity contribution in [3.63, 3.8) is 0 Å². The molecule has 0 unspecified atom stereocenters. The van der Waals surface area contributed by atoms with Crippen LogP contribution in [-0.4, -0.2) is 54.2 Å². The number of unbranched alkanes of at least 4 members (excludes halogenated alkanes) is 2. The van der Waals surface area contributed by atoms with E-state index in [0.29, 0.717) is 32.4 Å². The Morgan fingerprint density at radius 3 is 2.35 bits per heavy atom. The topological polar surface area (TPSA) is 84.7 Å². The van der Waals surface area contributed by atoms with Crippen LogP contribution < -0.4 is 5.32 Å². The molecule has 1 N–H and O–H groups in total. The number of carbonyl (C=O) groups is 3. The van der Waals surface area contributed by atoms with Crippen molar-refractivity contribution in [2.75, 3.05) is 20.3 Å². The molecule has 0 aromatic heterocycles. The first-order chi connectivity index (χ1) is 12.4. The van der Waals surface area contributed by atoms with Gasteiger partial charge < -0.3 is 14.8 Å². The molecule has 0 aromatic rings. The van der Waals surface area contributed by atoms with E-state index in [1.54, 1.807) is 11.8 Å². The van der Waals surface area contributed by atoms with Crippen LogP contribution >= 0.6 is 0 Å². The fourth-order valence-electron chi connectivity index (χ4n) is 3.93. The van der Waals surface area contributed by atoms with Crippen molar-refractivity contribution >= 4 is 18.0 Å². The standard InChI is InChI=1S/C19H32N2O5/c1-4-6-7-8-15(22)20-18(13-16(23)25-3)9-11-19(12-10-18)14-21(19)17(24)26-5-2/h4-14H2,1-3H3,(H,20,22). The fraction of sp³-hybridized carbons (Fsp3) is 0.842. The van der Waals surface area contributed by atoms with Crippen LogP contribution in [0.3, 0.4) is 0 Å². The maximum Gasteiger partial charge on any atom is 0.410 e. The van der Waals surface area contributed by atoms with Crippen molar-refractivity contribution in [2.24, 2.45) is 0 Å². The van der Waals surface area contributed by atoms with E-state index in [2.05, 4.69) is 12.2 Å². The third-order valence-corrected chi connectivity index (χ3v) is 5.67. The van der Waals surface area contributed by atoms with Gasteiger partial charge in [0, 0.05) is 13.0 Å². The second-order valence-corrected chi connectivity index (χ2v) is 7.55. The highest BCUT2D eigenvalue weighted by Crippen LogP contribution is 2.49. The molecule has 7 heteroatoms. The molecule has 7 nitrogen and oxygen atoms in total. The van der Waals surface area contributed by atoms with E-state index >= 15 is 0 Å². The molecule has 1 heterocycles. The van der Waals surface area contributed by atoms with E-state index in [-0.39, 0.29) is 29.9 Å². The van der Waals surface area contributed by atoms with Crippen LogP contribution in [0.1, 0.15) is 71.6 Å². The van der Waals surface area contributed by atoms with E-state index in [0.717, 1.165) is 32.1 Å². The third-order valence-electron chi connectivity index (χ3n) is 5.67. The van der Waals surface area contributed by atoms with E-state index in [1.165, 1.54) is 7.11 Å². The second kappa shape index (κ2) is 8.73. The van der Waals surface area contributed by atoms with Gasteiger partial charge >= 0.3 is 12.1 Å². The number of esters is 1. The molecule has 1 saturated heterocycles. The van der Waals surface area contributed by atoms with Crippen LogP contribution in [0.4, 0.5) is 4.79 Å². The van der Waals surface area contributed by atoms with Crippen molar-refractivity contribution in [1.82, 2.24) is 10.2 Å². The predicted octanol–water partition coefficient (Wildman–Crippen LogP) is 2.77. The molecule has 0 aromatic carbocycles. The number of amides is 2. The number of rotatable bonds is 8. The molecule has 148 valence electrons. The van der Waals surface area contributed by atoms with E-state index in [1.807, 2.05) is 0 Å². The zero-order valence-electron chi connectivity index (χ0n) is 16.3. The molecule has 0 atom stereocenters. The van der Waals surface area contributed by atoms with Crippen LogP contribution in [0.5, 0.6) is 0 Å². The Hall–Kier alpha value is -1.79. The maximum atomic E-state index is 12.3. The minimum Gasteiger partial charge on any atom is -0.469 e. The molecule has 2 fully saturated rings. The molecule has 2 rings (SSSR count). The summed E-state index contributed by atoms with van der Waals surface area (Å²) in [5, 5.41) is 3.12. The Kier molecular flexibility index (Phi) is 6.89. The summed E-state index contributed by atoms with van der Waals surface area (Å²) in [6.45, 7) is 4.96. The Labute approximate surface area is 155 Å². The average Bonchev–Trinajstić information content (AvgIpc) is 3.32. The lowest BCUT2D eigenvalue weighted by molar-refractivity contribution is -0.143. The summed E-state index contributed by atoms with van der Waals surface area (Å²) in [5.41, 5.74) is -0.719. The number of nitrogens with zero attached hydrogens (tertiary/aromatic N) is 1. The summed E-state index contributed by atoms with van der Waals surface area (Å²) in [6, 6.07) is 0. The van der Waals surface area contributed by atoms with Crippen LogP contribution in [0.15, 0.2) is 0 Å². The van der Waals surface area contributed by atoms with E-state index in [4.69, 9.17) is 9.47 Å². The largest absolute Gasteiger partial charge is 0.469 e. The lowest BCUT2D eigenvalue weighted by Gasteiger charge is -2.40. The minimum absolute atomic E-state index is 0.00338. The molecule has 0 radical (unpaired) electrons. The predicted molar refractivity (Wildman–Crippen MR) is 96.6 cm³/mol. The van der Waals surface area contributed by atoms with Gasteiger partial charge in [-0.15, -0.1) is 0 Å². The van der Waals surface area contributed by atoms with E-state index in [9.17, 15) is 14.4 Å². The van der Waals surface area contributed by atoms with Gasteiger partial charge in [0.25, 0.3) is 0 Å². The number of nitrogens with one attached hydrogen (secondary N) is 1. The van der Waals surface area contributed by atoms with Gasteiger partial charge in [0.1, 0.15) is 0 Å². The van der Waals surface area contributed by atoms with Crippen molar-refractivity contribution in [2.45, 2.75) is 82.7 Å². The SMILES string of the molecule is CCCCCC(=O)NC1(CC(=O)OC)CCC2(CC1)CN2C(=O)OCC. The monoisotopic (exact) mass is 368 g/mol. The number of hydrogen-bond acceptors (Lipinski definition) is 5. The molecule has 0 bridgehead atoms. The van der Waals surface area contributed by atoms with Gasteiger partial charge in [-0.2, -0.15) is 0 Å². The fourth-order valence-corrected chi connectivity index (χ4v) is 3.93. The normalized spacial score (nSPS) is 27.1. The number of methoxy groups -OCH3 is 1. The van der Waals surface area contributed by atoms with Crippen LogP contribution in [-0.2, 0) is 19.1 Å². The highest BCUT2D eigenvalue weighted by atomic mass is 16.6. The number of ether oxygens (including phenoxy) is 2. The Bertz CT molecular complexity index is 526. The second-order valence-electron chi connectivity index (χ2n) is 7.55. The molecular formula is C19H32N2O5. The summed E-state index contributed by atoms with van der Waals surface area (Å²) < 4.78 is 9.93. The quantitative estimate of drug-likeness (QED) is 0.404. The lowest BCUT2D eigenvalue weighted by Crippen LogP contribution is -2.53. The average molecular weight is 368 g/mol. The van der Waals surface area contributed by atoms with Crippen molar-refractivity contribution in [3.05, 3.63) is 0 Å². The van der Waals surface area contributed by atoms with Gasteiger partial charge in [-0.3, -0.25) is 14.5 Å². The summed E-state index contributed by atoms with van der Waals surface area (Å²) in [5.74, 6) is -0.316. The molecule has 1 aliphatic heterocycles. The first-order valence-electron chi connectivity index (χ1n) is 9.72. The summed E-state index contributed by atoms with van der Waals surface area (Å²) >= 11 is 0. The summed E-state index contributed by atoms with van der Waals surface area (Å²) in [6.07, 6.45) is 6.19. The first kappa shape index (κ1) is 20.5. The lowest BCUT2D eigenvalue weighted by atomic mass is 9.74. The molecule has 1 aliphatic carbocycles. The molecule has 26 heavy (non-hydrogen) atoms. The van der Waals surface area contributed by atoms with E-state index < -0.39 is 5.54 Å². The van der Waals surface area contributed by atoms with Crippen molar-refractivity contribution < 1.29 is 23.9 Å². The number of carbonyl (C=O) groups excluding carboxylic acids is 3. The maximum absolute atomic E-state index is 12.3. The van der Waals surface area contributed by atoms with Gasteiger partial charge in [-0.25, -0.2) is 4.79 Å². The third kappa shape index (κ3) is 4.89. The highest BCUT2D eigenvalue weighted by Gasteiger charge is 2.59. The zero-order chi connectivity index (χ0) is 19.2. The van der Waals surface area contributed by atoms with Gasteiger partial charge in [0.15, 0.2) is 0 Å². The molecule has 1 saturated carbocycles. The minimum atomic E-state index is -0.565.